The lowest BCUT2D eigenvalue weighted by atomic mass is 10.4. The lowest BCUT2D eigenvalue weighted by Gasteiger charge is -1.98. The van der Waals surface area contributed by atoms with Crippen LogP contribution in [0.4, 0.5) is 0 Å². The molecule has 1 heterocycles. The van der Waals surface area contributed by atoms with Crippen molar-refractivity contribution in [3.05, 3.63) is 16.4 Å². The van der Waals surface area contributed by atoms with Crippen LogP contribution in [0.5, 0.6) is 0 Å². The lowest BCUT2D eigenvalue weighted by molar-refractivity contribution is -0.370. The van der Waals surface area contributed by atoms with E-state index >= 15 is 0 Å². The summed E-state index contributed by atoms with van der Waals surface area (Å²) >= 11 is 5.93. The highest BCUT2D eigenvalue weighted by Crippen LogP contribution is 2.18. The van der Waals surface area contributed by atoms with Gasteiger partial charge in [0.1, 0.15) is 0 Å². The minimum atomic E-state index is 0.776. The van der Waals surface area contributed by atoms with Crippen molar-refractivity contribution in [2.75, 3.05) is 6.54 Å². The molecule has 0 aliphatic carbocycles. The highest BCUT2D eigenvalue weighted by molar-refractivity contribution is 6.31. The van der Waals surface area contributed by atoms with Crippen LogP contribution in [-0.4, -0.2) is 16.3 Å². The Kier molecular flexibility index (Phi) is 2.52. The quantitative estimate of drug-likeness (QED) is 0.693. The first-order valence-electron chi connectivity index (χ1n) is 3.65. The zero-order valence-electron chi connectivity index (χ0n) is 6.89. The molecule has 0 unspecified atom stereocenters. The molecule has 4 heteroatoms. The van der Waals surface area contributed by atoms with Crippen LogP contribution in [-0.2, 0) is 6.54 Å². The number of quaternary nitrogens is 1. The average Bonchev–Trinajstić information content (AvgIpc) is 2.19. The van der Waals surface area contributed by atoms with Gasteiger partial charge >= 0.3 is 0 Å². The van der Waals surface area contributed by atoms with Gasteiger partial charge in [-0.1, -0.05) is 11.6 Å². The van der Waals surface area contributed by atoms with Gasteiger partial charge in [0.25, 0.3) is 0 Å². The summed E-state index contributed by atoms with van der Waals surface area (Å²) in [6, 6.07) is 0. The van der Waals surface area contributed by atoms with E-state index in [1.54, 1.807) is 0 Å². The Balaban J connectivity index is 2.98. The van der Waals surface area contributed by atoms with Crippen molar-refractivity contribution in [1.29, 1.82) is 0 Å². The van der Waals surface area contributed by atoms with Crippen molar-refractivity contribution in [2.24, 2.45) is 0 Å². The van der Waals surface area contributed by atoms with Crippen LogP contribution in [0.15, 0.2) is 0 Å². The summed E-state index contributed by atoms with van der Waals surface area (Å²) in [4.78, 5) is 0. The fourth-order valence-corrected chi connectivity index (χ4v) is 1.18. The lowest BCUT2D eigenvalue weighted by Crippen LogP contribution is -2.52. The Morgan fingerprint density at radius 1 is 1.55 bits per heavy atom. The van der Waals surface area contributed by atoms with E-state index in [0.29, 0.717) is 0 Å². The van der Waals surface area contributed by atoms with Crippen molar-refractivity contribution in [2.45, 2.75) is 20.4 Å². The van der Waals surface area contributed by atoms with Crippen molar-refractivity contribution < 1.29 is 5.73 Å². The van der Waals surface area contributed by atoms with E-state index in [4.69, 9.17) is 11.6 Å². The van der Waals surface area contributed by atoms with Gasteiger partial charge in [-0.05, 0) is 13.8 Å². The molecule has 1 aromatic heterocycles. The number of halogens is 1. The number of rotatable bonds is 2. The standard InChI is InChI=1S/C7H12ClN3/c1-5-7(8)6(2)11(10-5)4-3-9/h3-4,9H2,1-2H3/p+1. The van der Waals surface area contributed by atoms with Gasteiger partial charge < -0.3 is 5.73 Å². The Hall–Kier alpha value is -0.540. The summed E-state index contributed by atoms with van der Waals surface area (Å²) in [6.45, 7) is 5.57. The zero-order valence-corrected chi connectivity index (χ0v) is 7.65. The topological polar surface area (TPSA) is 45.5 Å². The van der Waals surface area contributed by atoms with Gasteiger partial charge in [-0.15, -0.1) is 0 Å². The van der Waals surface area contributed by atoms with E-state index in [9.17, 15) is 0 Å². The molecule has 3 nitrogen and oxygen atoms in total. The van der Waals surface area contributed by atoms with Crippen LogP contribution in [0.25, 0.3) is 0 Å². The summed E-state index contributed by atoms with van der Waals surface area (Å²) in [7, 11) is 0. The summed E-state index contributed by atoms with van der Waals surface area (Å²) in [5.74, 6) is 0. The highest BCUT2D eigenvalue weighted by Gasteiger charge is 2.07. The second kappa shape index (κ2) is 3.24. The predicted molar refractivity (Wildman–Crippen MR) is 44.5 cm³/mol. The van der Waals surface area contributed by atoms with Gasteiger partial charge in [-0.25, -0.2) is 0 Å². The number of aromatic nitrogens is 2. The molecule has 0 bridgehead atoms. The van der Waals surface area contributed by atoms with E-state index in [2.05, 4.69) is 10.8 Å². The molecule has 1 aromatic rings. The molecule has 11 heavy (non-hydrogen) atoms. The van der Waals surface area contributed by atoms with Crippen molar-refractivity contribution in [3.8, 4) is 0 Å². The first-order valence-corrected chi connectivity index (χ1v) is 4.03. The van der Waals surface area contributed by atoms with Gasteiger partial charge in [0.2, 0.25) is 0 Å². The maximum atomic E-state index is 5.93. The molecule has 0 saturated carbocycles. The molecular weight excluding hydrogens is 162 g/mol. The Bertz CT molecular complexity index is 254. The van der Waals surface area contributed by atoms with Gasteiger partial charge in [-0.3, -0.25) is 4.68 Å². The van der Waals surface area contributed by atoms with Gasteiger partial charge in [-0.2, -0.15) is 5.10 Å². The van der Waals surface area contributed by atoms with Crippen LogP contribution in [0.2, 0.25) is 5.02 Å². The maximum absolute atomic E-state index is 5.93. The number of aryl methyl sites for hydroxylation is 1. The molecular formula is C7H13ClN3+. The van der Waals surface area contributed by atoms with Crippen LogP contribution in [0.3, 0.4) is 0 Å². The first kappa shape index (κ1) is 8.56. The summed E-state index contributed by atoms with van der Waals surface area (Å²) in [6.07, 6.45) is 0. The molecule has 3 N–H and O–H groups in total. The van der Waals surface area contributed by atoms with Crippen LogP contribution in [0, 0.1) is 13.8 Å². The smallest absolute Gasteiger partial charge is 0.0939 e. The van der Waals surface area contributed by atoms with Gasteiger partial charge in [0.15, 0.2) is 0 Å². The van der Waals surface area contributed by atoms with Crippen molar-refractivity contribution in [3.63, 3.8) is 0 Å². The largest absolute Gasteiger partial charge is 0.356 e. The van der Waals surface area contributed by atoms with Crippen LogP contribution in [0.1, 0.15) is 11.4 Å². The third-order valence-corrected chi connectivity index (χ3v) is 2.21. The molecule has 0 spiro atoms. The maximum Gasteiger partial charge on any atom is 0.0939 e. The first-order chi connectivity index (χ1) is 5.16. The Morgan fingerprint density at radius 3 is 2.55 bits per heavy atom. The fraction of sp³-hybridized carbons (Fsp3) is 0.571. The summed E-state index contributed by atoms with van der Waals surface area (Å²) in [5.41, 5.74) is 5.69. The minimum absolute atomic E-state index is 0.776. The van der Waals surface area contributed by atoms with E-state index in [0.717, 1.165) is 29.5 Å². The minimum Gasteiger partial charge on any atom is -0.356 e. The van der Waals surface area contributed by atoms with E-state index in [-0.39, 0.29) is 0 Å². The molecule has 1 rings (SSSR count). The van der Waals surface area contributed by atoms with Gasteiger partial charge in [0, 0.05) is 0 Å². The molecule has 0 amide bonds. The summed E-state index contributed by atoms with van der Waals surface area (Å²) < 4.78 is 1.89. The molecule has 0 fully saturated rings. The van der Waals surface area contributed by atoms with Crippen molar-refractivity contribution in [1.82, 2.24) is 9.78 Å². The molecule has 0 saturated heterocycles. The monoisotopic (exact) mass is 174 g/mol. The molecule has 62 valence electrons. The highest BCUT2D eigenvalue weighted by atomic mass is 35.5. The van der Waals surface area contributed by atoms with E-state index < -0.39 is 0 Å². The second-order valence-corrected chi connectivity index (χ2v) is 2.94. The fourth-order valence-electron chi connectivity index (χ4n) is 1.04. The Labute approximate surface area is 71.1 Å². The van der Waals surface area contributed by atoms with Gasteiger partial charge in [0.05, 0.1) is 29.5 Å². The number of hydrogen-bond acceptors (Lipinski definition) is 1. The third kappa shape index (κ3) is 1.54. The average molecular weight is 175 g/mol. The van der Waals surface area contributed by atoms with E-state index in [1.807, 2.05) is 18.5 Å². The van der Waals surface area contributed by atoms with Crippen LogP contribution < -0.4 is 5.73 Å². The SMILES string of the molecule is Cc1nn(CC[NH3+])c(C)c1Cl. The third-order valence-electron chi connectivity index (χ3n) is 1.66. The molecule has 0 atom stereocenters. The number of hydrogen-bond donors (Lipinski definition) is 1. The molecule has 0 aliphatic heterocycles. The summed E-state index contributed by atoms with van der Waals surface area (Å²) in [5, 5.41) is 5.02. The normalized spacial score (nSPS) is 10.5. The zero-order chi connectivity index (χ0) is 8.43. The molecule has 0 aromatic carbocycles. The van der Waals surface area contributed by atoms with Crippen LogP contribution >= 0.6 is 11.6 Å². The molecule has 0 aliphatic rings. The predicted octanol–water partition coefficient (Wildman–Crippen LogP) is 0.395. The molecule has 0 radical (unpaired) electrons. The van der Waals surface area contributed by atoms with E-state index in [1.165, 1.54) is 0 Å². The Morgan fingerprint density at radius 2 is 2.18 bits per heavy atom. The second-order valence-electron chi connectivity index (χ2n) is 2.56. The van der Waals surface area contributed by atoms with Crippen molar-refractivity contribution >= 4 is 11.6 Å². The number of nitrogens with zero attached hydrogens (tertiary/aromatic N) is 2.